The van der Waals surface area contributed by atoms with E-state index >= 15 is 0 Å². The molecule has 0 aliphatic carbocycles. The minimum Gasteiger partial charge on any atom is -0.390 e. The fraction of sp³-hybridized carbons (Fsp3) is 0.143. The zero-order chi connectivity index (χ0) is 16.9. The van der Waals surface area contributed by atoms with Crippen LogP contribution >= 0.6 is 11.3 Å². The van der Waals surface area contributed by atoms with Gasteiger partial charge in [-0.1, -0.05) is 35.3 Å². The van der Waals surface area contributed by atoms with Gasteiger partial charge in [0, 0.05) is 16.7 Å². The second-order valence-electron chi connectivity index (χ2n) is 4.78. The Morgan fingerprint density at radius 3 is 2.75 bits per heavy atom. The zero-order valence-electron chi connectivity index (χ0n) is 12.3. The van der Waals surface area contributed by atoms with E-state index in [0.717, 1.165) is 21.6 Å². The van der Waals surface area contributed by atoms with Gasteiger partial charge in [0.2, 0.25) is 12.2 Å². The number of hydrogen-bond donors (Lipinski definition) is 1. The summed E-state index contributed by atoms with van der Waals surface area (Å²) in [6.07, 6.45) is 2.82. The molecular weight excluding hydrogens is 332 g/mol. The lowest BCUT2D eigenvalue weighted by molar-refractivity contribution is -0.394. The third-order valence-corrected chi connectivity index (χ3v) is 3.97. The fourth-order valence-electron chi connectivity index (χ4n) is 2.11. The molecule has 0 aliphatic rings. The quantitative estimate of drug-likeness (QED) is 0.536. The highest BCUT2D eigenvalue weighted by Gasteiger charge is 2.21. The molecule has 3 aromatic rings. The molecule has 0 fully saturated rings. The van der Waals surface area contributed by atoms with E-state index in [2.05, 4.69) is 20.4 Å². The van der Waals surface area contributed by atoms with Crippen molar-refractivity contribution < 1.29 is 9.72 Å². The molecule has 122 valence electrons. The summed E-state index contributed by atoms with van der Waals surface area (Å²) in [4.78, 5) is 29.9. The van der Waals surface area contributed by atoms with Crippen LogP contribution in [0.25, 0.3) is 0 Å². The number of aromatic nitrogens is 4. The first-order valence-corrected chi connectivity index (χ1v) is 7.79. The molecular formula is C14H12N6O3S. The van der Waals surface area contributed by atoms with Gasteiger partial charge >= 0.3 is 5.95 Å². The SMILES string of the molecule is O=C(Cn1cnc([N+](=O)[O-])n1)N[C@H](c1ccccc1)c1nccs1. The highest BCUT2D eigenvalue weighted by Crippen LogP contribution is 2.23. The van der Waals surface area contributed by atoms with Crippen molar-refractivity contribution in [2.45, 2.75) is 12.6 Å². The molecule has 24 heavy (non-hydrogen) atoms. The molecule has 10 heteroatoms. The Hall–Kier alpha value is -3.14. The molecule has 0 unspecified atom stereocenters. The van der Waals surface area contributed by atoms with E-state index in [1.54, 1.807) is 6.20 Å². The van der Waals surface area contributed by atoms with Gasteiger partial charge in [0.25, 0.3) is 0 Å². The average molecular weight is 344 g/mol. The van der Waals surface area contributed by atoms with E-state index in [-0.39, 0.29) is 12.5 Å². The minimum absolute atomic E-state index is 0.171. The molecule has 0 bridgehead atoms. The van der Waals surface area contributed by atoms with Crippen LogP contribution < -0.4 is 5.32 Å². The Morgan fingerprint density at radius 2 is 2.12 bits per heavy atom. The molecule has 0 aliphatic heterocycles. The molecule has 2 aromatic heterocycles. The summed E-state index contributed by atoms with van der Waals surface area (Å²) in [5.74, 6) is -0.888. The van der Waals surface area contributed by atoms with Crippen molar-refractivity contribution in [1.29, 1.82) is 0 Å². The standard InChI is InChI=1S/C14H12N6O3S/c21-11(8-19-9-16-14(18-19)20(22)23)17-12(13-15-6-7-24-13)10-4-2-1-3-5-10/h1-7,9,12H,8H2,(H,17,21)/t12-/m1/s1. The number of thiazole rings is 1. The summed E-state index contributed by atoms with van der Waals surface area (Å²) < 4.78 is 1.12. The number of nitrogens with zero attached hydrogens (tertiary/aromatic N) is 5. The molecule has 3 rings (SSSR count). The molecule has 1 N–H and O–H groups in total. The van der Waals surface area contributed by atoms with Crippen LogP contribution in [0, 0.1) is 10.1 Å². The van der Waals surface area contributed by atoms with Crippen LogP contribution in [0.3, 0.4) is 0 Å². The number of nitro groups is 1. The van der Waals surface area contributed by atoms with Gasteiger partial charge in [0.05, 0.1) is 0 Å². The first-order valence-electron chi connectivity index (χ1n) is 6.91. The van der Waals surface area contributed by atoms with Crippen LogP contribution in [-0.4, -0.2) is 30.6 Å². The van der Waals surface area contributed by atoms with Gasteiger partial charge in [-0.2, -0.15) is 4.68 Å². The van der Waals surface area contributed by atoms with Crippen LogP contribution in [0.2, 0.25) is 0 Å². The Morgan fingerprint density at radius 1 is 1.33 bits per heavy atom. The van der Waals surface area contributed by atoms with Gasteiger partial charge in [0.15, 0.2) is 0 Å². The predicted molar refractivity (Wildman–Crippen MR) is 85.2 cm³/mol. The molecule has 0 saturated carbocycles. The van der Waals surface area contributed by atoms with Crippen molar-refractivity contribution >= 4 is 23.2 Å². The summed E-state index contributed by atoms with van der Waals surface area (Å²) in [6, 6.07) is 9.04. The van der Waals surface area contributed by atoms with E-state index in [9.17, 15) is 14.9 Å². The summed E-state index contributed by atoms with van der Waals surface area (Å²) >= 11 is 1.43. The number of amides is 1. The Bertz CT molecular complexity index is 833. The number of benzene rings is 1. The van der Waals surface area contributed by atoms with Crippen molar-refractivity contribution in [3.05, 3.63) is 68.9 Å². The number of rotatable bonds is 6. The predicted octanol–water partition coefficient (Wildman–Crippen LogP) is 1.55. The first kappa shape index (κ1) is 15.7. The zero-order valence-corrected chi connectivity index (χ0v) is 13.1. The van der Waals surface area contributed by atoms with Gasteiger partial charge in [-0.15, -0.1) is 11.3 Å². The highest BCUT2D eigenvalue weighted by atomic mass is 32.1. The van der Waals surface area contributed by atoms with Crippen molar-refractivity contribution in [3.8, 4) is 0 Å². The largest absolute Gasteiger partial charge is 0.490 e. The lowest BCUT2D eigenvalue weighted by atomic mass is 10.1. The average Bonchev–Trinajstić information content (AvgIpc) is 3.25. The smallest absolute Gasteiger partial charge is 0.390 e. The fourth-order valence-corrected chi connectivity index (χ4v) is 2.82. The maximum Gasteiger partial charge on any atom is 0.490 e. The van der Waals surface area contributed by atoms with Crippen LogP contribution in [-0.2, 0) is 11.3 Å². The summed E-state index contributed by atoms with van der Waals surface area (Å²) in [7, 11) is 0. The lowest BCUT2D eigenvalue weighted by Crippen LogP contribution is -2.32. The maximum absolute atomic E-state index is 12.3. The molecule has 1 aromatic carbocycles. The molecule has 0 spiro atoms. The minimum atomic E-state index is -0.712. The second kappa shape index (κ2) is 6.96. The van der Waals surface area contributed by atoms with Gasteiger partial charge in [-0.25, -0.2) is 4.98 Å². The van der Waals surface area contributed by atoms with Crippen molar-refractivity contribution in [2.75, 3.05) is 0 Å². The number of nitrogens with one attached hydrogen (secondary N) is 1. The number of carbonyl (C=O) groups is 1. The van der Waals surface area contributed by atoms with E-state index in [1.165, 1.54) is 11.3 Å². The third kappa shape index (κ3) is 3.60. The molecule has 1 amide bonds. The van der Waals surface area contributed by atoms with E-state index in [1.807, 2.05) is 35.7 Å². The van der Waals surface area contributed by atoms with Crippen LogP contribution in [0.15, 0.2) is 48.2 Å². The van der Waals surface area contributed by atoms with Crippen LogP contribution in [0.1, 0.15) is 16.6 Å². The van der Waals surface area contributed by atoms with Crippen LogP contribution in [0.5, 0.6) is 0 Å². The maximum atomic E-state index is 12.3. The third-order valence-electron chi connectivity index (χ3n) is 3.13. The van der Waals surface area contributed by atoms with Crippen molar-refractivity contribution in [2.24, 2.45) is 0 Å². The summed E-state index contributed by atoms with van der Waals surface area (Å²) in [5, 5.41) is 19.7. The number of hydrogen-bond acceptors (Lipinski definition) is 7. The molecule has 0 saturated heterocycles. The summed E-state index contributed by atoms with van der Waals surface area (Å²) in [6.45, 7) is -0.171. The summed E-state index contributed by atoms with van der Waals surface area (Å²) in [5.41, 5.74) is 0.894. The van der Waals surface area contributed by atoms with Gasteiger partial charge < -0.3 is 15.4 Å². The Kier molecular flexibility index (Phi) is 4.57. The topological polar surface area (TPSA) is 116 Å². The monoisotopic (exact) mass is 344 g/mol. The lowest BCUT2D eigenvalue weighted by Gasteiger charge is -2.16. The van der Waals surface area contributed by atoms with E-state index < -0.39 is 16.9 Å². The highest BCUT2D eigenvalue weighted by molar-refractivity contribution is 7.09. The molecule has 9 nitrogen and oxygen atoms in total. The second-order valence-corrected chi connectivity index (χ2v) is 5.71. The van der Waals surface area contributed by atoms with Gasteiger partial charge in [-0.05, 0) is 10.5 Å². The number of carbonyl (C=O) groups excluding carboxylic acids is 1. The Balaban J connectivity index is 1.75. The molecule has 0 radical (unpaired) electrons. The van der Waals surface area contributed by atoms with Gasteiger partial charge in [-0.3, -0.25) is 4.79 Å². The van der Waals surface area contributed by atoms with Crippen molar-refractivity contribution in [1.82, 2.24) is 25.1 Å². The Labute approximate surface area is 140 Å². The van der Waals surface area contributed by atoms with Crippen LogP contribution in [0.4, 0.5) is 5.95 Å². The molecule has 1 atom stereocenters. The van der Waals surface area contributed by atoms with Gasteiger partial charge in [0.1, 0.15) is 17.6 Å². The normalized spacial score (nSPS) is 11.8. The van der Waals surface area contributed by atoms with E-state index in [0.29, 0.717) is 0 Å². The van der Waals surface area contributed by atoms with E-state index in [4.69, 9.17) is 0 Å². The van der Waals surface area contributed by atoms with Crippen molar-refractivity contribution in [3.63, 3.8) is 0 Å². The molecule has 2 heterocycles. The first-order chi connectivity index (χ1) is 11.6.